The van der Waals surface area contributed by atoms with Crippen molar-refractivity contribution in [2.75, 3.05) is 13.2 Å². The Morgan fingerprint density at radius 1 is 1.19 bits per heavy atom. The van der Waals surface area contributed by atoms with Gasteiger partial charge in [-0.05, 0) is 48.9 Å². The van der Waals surface area contributed by atoms with Crippen LogP contribution in [0.2, 0.25) is 0 Å². The standard InChI is InChI=1S/C19H30N2O5S/c1-14(2)19(20-12-18(22)21-23)27(24,25)17-10-8-16(9-11-17)26-13-15-6-4-3-5-7-15/h8-11,14-15,19-20,23H,3-7,12-13H2,1-2H3,(H,21,22). The molecule has 1 saturated carbocycles. The number of amides is 1. The van der Waals surface area contributed by atoms with Crippen LogP contribution in [0.25, 0.3) is 0 Å². The van der Waals surface area contributed by atoms with E-state index in [1.54, 1.807) is 26.0 Å². The van der Waals surface area contributed by atoms with Crippen LogP contribution in [0, 0.1) is 11.8 Å². The van der Waals surface area contributed by atoms with Gasteiger partial charge in [-0.3, -0.25) is 15.3 Å². The van der Waals surface area contributed by atoms with Gasteiger partial charge in [0.25, 0.3) is 5.91 Å². The molecule has 2 rings (SSSR count). The molecule has 1 aromatic carbocycles. The zero-order chi connectivity index (χ0) is 19.9. The Bertz CT molecular complexity index is 697. The molecule has 0 saturated heterocycles. The minimum absolute atomic E-state index is 0.170. The van der Waals surface area contributed by atoms with Crippen molar-refractivity contribution >= 4 is 15.7 Å². The quantitative estimate of drug-likeness (QED) is 0.436. The van der Waals surface area contributed by atoms with Gasteiger partial charge in [0.05, 0.1) is 18.0 Å². The summed E-state index contributed by atoms with van der Waals surface area (Å²) in [6.07, 6.45) is 6.19. The molecule has 1 unspecified atom stereocenters. The fourth-order valence-electron chi connectivity index (χ4n) is 3.38. The van der Waals surface area contributed by atoms with Gasteiger partial charge in [-0.25, -0.2) is 13.9 Å². The van der Waals surface area contributed by atoms with Crippen molar-refractivity contribution in [2.24, 2.45) is 11.8 Å². The summed E-state index contributed by atoms with van der Waals surface area (Å²) in [7, 11) is -3.68. The lowest BCUT2D eigenvalue weighted by Crippen LogP contribution is -2.45. The number of carbonyl (C=O) groups excluding carboxylic acids is 1. The number of hydrogen-bond acceptors (Lipinski definition) is 6. The monoisotopic (exact) mass is 398 g/mol. The molecular formula is C19H30N2O5S. The summed E-state index contributed by atoms with van der Waals surface area (Å²) in [6.45, 7) is 3.89. The zero-order valence-corrected chi connectivity index (χ0v) is 16.8. The first kappa shape index (κ1) is 21.7. The molecule has 7 nitrogen and oxygen atoms in total. The number of hydrogen-bond donors (Lipinski definition) is 3. The summed E-state index contributed by atoms with van der Waals surface area (Å²) >= 11 is 0. The highest BCUT2D eigenvalue weighted by Gasteiger charge is 2.30. The minimum atomic E-state index is -3.68. The van der Waals surface area contributed by atoms with Crippen LogP contribution in [-0.4, -0.2) is 38.1 Å². The van der Waals surface area contributed by atoms with E-state index in [0.717, 1.165) is 0 Å². The Morgan fingerprint density at radius 2 is 1.81 bits per heavy atom. The van der Waals surface area contributed by atoms with Gasteiger partial charge < -0.3 is 4.74 Å². The number of rotatable bonds is 9. The first-order valence-electron chi connectivity index (χ1n) is 9.47. The molecule has 1 fully saturated rings. The predicted octanol–water partition coefficient (Wildman–Crippen LogP) is 2.50. The van der Waals surface area contributed by atoms with Crippen LogP contribution in [0.3, 0.4) is 0 Å². The maximum absolute atomic E-state index is 12.9. The first-order chi connectivity index (χ1) is 12.8. The van der Waals surface area contributed by atoms with E-state index in [-0.39, 0.29) is 17.4 Å². The summed E-state index contributed by atoms with van der Waals surface area (Å²) in [5.41, 5.74) is 1.49. The molecule has 27 heavy (non-hydrogen) atoms. The van der Waals surface area contributed by atoms with Gasteiger partial charge >= 0.3 is 0 Å². The molecule has 1 aromatic rings. The Labute approximate surface area is 161 Å². The highest BCUT2D eigenvalue weighted by Crippen LogP contribution is 2.26. The van der Waals surface area contributed by atoms with Crippen molar-refractivity contribution < 1.29 is 23.2 Å². The lowest BCUT2D eigenvalue weighted by atomic mass is 9.90. The van der Waals surface area contributed by atoms with E-state index < -0.39 is 21.1 Å². The maximum atomic E-state index is 12.9. The summed E-state index contributed by atoms with van der Waals surface area (Å²) in [5, 5.41) is 10.3. The van der Waals surface area contributed by atoms with Gasteiger partial charge in [-0.1, -0.05) is 33.1 Å². The van der Waals surface area contributed by atoms with Crippen LogP contribution < -0.4 is 15.5 Å². The molecule has 0 aromatic heterocycles. The van der Waals surface area contributed by atoms with Crippen molar-refractivity contribution in [1.29, 1.82) is 0 Å². The summed E-state index contributed by atoms with van der Waals surface area (Å²) < 4.78 is 31.6. The molecule has 0 spiro atoms. The number of benzene rings is 1. The average Bonchev–Trinajstić information content (AvgIpc) is 2.67. The normalized spacial score (nSPS) is 16.9. The smallest absolute Gasteiger partial charge is 0.257 e. The van der Waals surface area contributed by atoms with E-state index >= 15 is 0 Å². The Balaban J connectivity index is 2.02. The van der Waals surface area contributed by atoms with Crippen LogP contribution in [-0.2, 0) is 14.6 Å². The molecule has 152 valence electrons. The van der Waals surface area contributed by atoms with E-state index in [4.69, 9.17) is 9.94 Å². The van der Waals surface area contributed by atoms with Gasteiger partial charge in [0.2, 0.25) is 0 Å². The number of hydroxylamine groups is 1. The fraction of sp³-hybridized carbons (Fsp3) is 0.632. The number of sulfone groups is 1. The molecule has 3 N–H and O–H groups in total. The van der Waals surface area contributed by atoms with Crippen molar-refractivity contribution in [1.82, 2.24) is 10.8 Å². The number of ether oxygens (including phenoxy) is 1. The summed E-state index contributed by atoms with van der Waals surface area (Å²) in [5.74, 6) is 0.286. The van der Waals surface area contributed by atoms with Gasteiger partial charge in [0, 0.05) is 0 Å². The topological polar surface area (TPSA) is 105 Å². The minimum Gasteiger partial charge on any atom is -0.493 e. The van der Waals surface area contributed by atoms with E-state index in [1.807, 2.05) is 0 Å². The van der Waals surface area contributed by atoms with Gasteiger partial charge in [0.1, 0.15) is 11.1 Å². The summed E-state index contributed by atoms with van der Waals surface area (Å²) in [4.78, 5) is 11.4. The largest absolute Gasteiger partial charge is 0.493 e. The van der Waals surface area contributed by atoms with Crippen LogP contribution in [0.5, 0.6) is 5.75 Å². The van der Waals surface area contributed by atoms with Crippen LogP contribution in [0.4, 0.5) is 0 Å². The van der Waals surface area contributed by atoms with Gasteiger partial charge in [-0.2, -0.15) is 0 Å². The molecule has 0 aliphatic heterocycles. The van der Waals surface area contributed by atoms with Crippen molar-refractivity contribution in [3.63, 3.8) is 0 Å². The molecular weight excluding hydrogens is 368 g/mol. The lowest BCUT2D eigenvalue weighted by molar-refractivity contribution is -0.128. The molecule has 0 radical (unpaired) electrons. The highest BCUT2D eigenvalue weighted by molar-refractivity contribution is 7.92. The average molecular weight is 399 g/mol. The predicted molar refractivity (Wildman–Crippen MR) is 102 cm³/mol. The molecule has 1 aliphatic carbocycles. The molecule has 1 aliphatic rings. The third-order valence-corrected chi connectivity index (χ3v) is 7.20. The Hall–Kier alpha value is -1.64. The van der Waals surface area contributed by atoms with E-state index in [9.17, 15) is 13.2 Å². The van der Waals surface area contributed by atoms with E-state index in [0.29, 0.717) is 18.3 Å². The second-order valence-corrected chi connectivity index (χ2v) is 9.48. The molecule has 0 bridgehead atoms. The molecule has 1 amide bonds. The Morgan fingerprint density at radius 3 is 2.37 bits per heavy atom. The number of nitrogens with one attached hydrogen (secondary N) is 2. The SMILES string of the molecule is CC(C)C(NCC(=O)NO)S(=O)(=O)c1ccc(OCC2CCCCC2)cc1. The van der Waals surface area contributed by atoms with Crippen molar-refractivity contribution in [2.45, 2.75) is 56.2 Å². The van der Waals surface area contributed by atoms with Crippen molar-refractivity contribution in [3.05, 3.63) is 24.3 Å². The zero-order valence-electron chi connectivity index (χ0n) is 16.0. The molecule has 0 heterocycles. The maximum Gasteiger partial charge on any atom is 0.257 e. The number of carbonyl (C=O) groups is 1. The van der Waals surface area contributed by atoms with Crippen LogP contribution in [0.1, 0.15) is 46.0 Å². The molecule has 8 heteroatoms. The van der Waals surface area contributed by atoms with Crippen molar-refractivity contribution in [3.8, 4) is 5.75 Å². The first-order valence-corrected chi connectivity index (χ1v) is 11.0. The van der Waals surface area contributed by atoms with Crippen LogP contribution in [0.15, 0.2) is 29.2 Å². The van der Waals surface area contributed by atoms with Gasteiger partial charge in [-0.15, -0.1) is 0 Å². The summed E-state index contributed by atoms with van der Waals surface area (Å²) in [6, 6.07) is 6.42. The Kier molecular flexibility index (Phi) is 8.07. The second-order valence-electron chi connectivity index (χ2n) is 7.41. The lowest BCUT2D eigenvalue weighted by Gasteiger charge is -2.23. The fourth-order valence-corrected chi connectivity index (χ4v) is 5.20. The second kappa shape index (κ2) is 10.1. The van der Waals surface area contributed by atoms with E-state index in [2.05, 4.69) is 5.32 Å². The third kappa shape index (κ3) is 6.19. The third-order valence-electron chi connectivity index (χ3n) is 4.89. The molecule has 1 atom stereocenters. The van der Waals surface area contributed by atoms with Crippen LogP contribution >= 0.6 is 0 Å². The van der Waals surface area contributed by atoms with E-state index in [1.165, 1.54) is 49.7 Å². The van der Waals surface area contributed by atoms with Gasteiger partial charge in [0.15, 0.2) is 9.84 Å². The highest BCUT2D eigenvalue weighted by atomic mass is 32.2.